The molecule has 0 radical (unpaired) electrons. The first-order valence-corrected chi connectivity index (χ1v) is 9.44. The maximum atomic E-state index is 12.4. The molecule has 0 saturated heterocycles. The van der Waals surface area contributed by atoms with Crippen molar-refractivity contribution in [3.05, 3.63) is 84.7 Å². The maximum Gasteiger partial charge on any atom is 0.422 e. The second-order valence-corrected chi connectivity index (χ2v) is 6.73. The highest BCUT2D eigenvalue weighted by Gasteiger charge is 2.28. The lowest BCUT2D eigenvalue weighted by molar-refractivity contribution is -0.153. The number of alkyl halides is 3. The van der Waals surface area contributed by atoms with Crippen molar-refractivity contribution in [1.29, 1.82) is 0 Å². The van der Waals surface area contributed by atoms with E-state index in [4.69, 9.17) is 9.47 Å². The summed E-state index contributed by atoms with van der Waals surface area (Å²) in [5, 5.41) is 3.71. The summed E-state index contributed by atoms with van der Waals surface area (Å²) in [6.45, 7) is -0.899. The minimum atomic E-state index is -4.41. The first kappa shape index (κ1) is 20.5. The van der Waals surface area contributed by atoms with Gasteiger partial charge in [-0.2, -0.15) is 13.2 Å². The van der Waals surface area contributed by atoms with Gasteiger partial charge in [0.15, 0.2) is 6.61 Å². The minimum Gasteiger partial charge on any atom is -0.489 e. The Morgan fingerprint density at radius 1 is 0.806 bits per heavy atom. The van der Waals surface area contributed by atoms with Gasteiger partial charge in [-0.1, -0.05) is 30.3 Å². The molecule has 0 amide bonds. The molecule has 0 bridgehead atoms. The Balaban J connectivity index is 1.47. The molecule has 31 heavy (non-hydrogen) atoms. The summed E-state index contributed by atoms with van der Waals surface area (Å²) in [6, 6.07) is 21.7. The quantitative estimate of drug-likeness (QED) is 0.400. The van der Waals surface area contributed by atoms with E-state index >= 15 is 0 Å². The van der Waals surface area contributed by atoms with E-state index in [2.05, 4.69) is 15.3 Å². The van der Waals surface area contributed by atoms with Gasteiger partial charge in [0.25, 0.3) is 0 Å². The second-order valence-electron chi connectivity index (χ2n) is 6.73. The van der Waals surface area contributed by atoms with Crippen LogP contribution in [0.1, 0.15) is 5.56 Å². The number of hydrogen-bond acceptors (Lipinski definition) is 5. The number of rotatable bonds is 7. The summed E-state index contributed by atoms with van der Waals surface area (Å²) >= 11 is 0. The van der Waals surface area contributed by atoms with Crippen LogP contribution < -0.4 is 14.8 Å². The maximum absolute atomic E-state index is 12.4. The highest BCUT2D eigenvalue weighted by molar-refractivity contribution is 5.91. The van der Waals surface area contributed by atoms with Crippen LogP contribution in [0.2, 0.25) is 0 Å². The molecule has 0 aliphatic carbocycles. The van der Waals surface area contributed by atoms with Gasteiger partial charge in [-0.05, 0) is 48.0 Å². The van der Waals surface area contributed by atoms with Crippen molar-refractivity contribution in [1.82, 2.24) is 9.97 Å². The van der Waals surface area contributed by atoms with E-state index in [0.29, 0.717) is 29.1 Å². The molecular formula is C23H18F3N3O2. The molecule has 0 saturated carbocycles. The number of fused-ring (bicyclic) bond motifs is 1. The van der Waals surface area contributed by atoms with Crippen LogP contribution in [0.5, 0.6) is 11.5 Å². The number of anilines is 2. The molecule has 3 aromatic carbocycles. The average Bonchev–Trinajstić information content (AvgIpc) is 2.78. The van der Waals surface area contributed by atoms with E-state index in [9.17, 15) is 13.2 Å². The third kappa shape index (κ3) is 5.63. The van der Waals surface area contributed by atoms with Crippen molar-refractivity contribution in [3.8, 4) is 11.5 Å². The number of nitrogens with one attached hydrogen (secondary N) is 1. The van der Waals surface area contributed by atoms with Crippen molar-refractivity contribution in [2.24, 2.45) is 0 Å². The van der Waals surface area contributed by atoms with Crippen LogP contribution in [0.25, 0.3) is 10.9 Å². The van der Waals surface area contributed by atoms with Crippen LogP contribution in [0.3, 0.4) is 0 Å². The van der Waals surface area contributed by atoms with Crippen LogP contribution in [0.15, 0.2) is 79.1 Å². The van der Waals surface area contributed by atoms with Gasteiger partial charge in [0, 0.05) is 11.1 Å². The lowest BCUT2D eigenvalue weighted by atomic mass is 10.2. The third-order valence-corrected chi connectivity index (χ3v) is 4.37. The third-order valence-electron chi connectivity index (χ3n) is 4.37. The van der Waals surface area contributed by atoms with E-state index in [1.807, 2.05) is 54.6 Å². The first-order valence-electron chi connectivity index (χ1n) is 9.44. The average molecular weight is 425 g/mol. The Bertz CT molecular complexity index is 1150. The van der Waals surface area contributed by atoms with Crippen molar-refractivity contribution in [3.63, 3.8) is 0 Å². The molecule has 0 unspecified atom stereocenters. The molecule has 0 atom stereocenters. The molecule has 1 aromatic heterocycles. The normalized spacial score (nSPS) is 11.3. The van der Waals surface area contributed by atoms with E-state index < -0.39 is 12.8 Å². The fourth-order valence-corrected chi connectivity index (χ4v) is 2.90. The van der Waals surface area contributed by atoms with Crippen LogP contribution in [0, 0.1) is 0 Å². The van der Waals surface area contributed by atoms with Crippen molar-refractivity contribution < 1.29 is 22.6 Å². The summed E-state index contributed by atoms with van der Waals surface area (Å²) in [5.74, 6) is 1.26. The number of hydrogen-bond donors (Lipinski definition) is 1. The van der Waals surface area contributed by atoms with E-state index in [1.165, 1.54) is 18.5 Å². The summed E-state index contributed by atoms with van der Waals surface area (Å²) in [5.41, 5.74) is 2.40. The van der Waals surface area contributed by atoms with Crippen LogP contribution in [-0.2, 0) is 6.61 Å². The molecule has 1 N–H and O–H groups in total. The number of aromatic nitrogens is 2. The van der Waals surface area contributed by atoms with E-state index in [0.717, 1.165) is 11.3 Å². The Kier molecular flexibility index (Phi) is 5.88. The molecule has 0 fully saturated rings. The van der Waals surface area contributed by atoms with Gasteiger partial charge in [-0.3, -0.25) is 0 Å². The molecule has 5 nitrogen and oxygen atoms in total. The van der Waals surface area contributed by atoms with Gasteiger partial charge in [-0.25, -0.2) is 9.97 Å². The number of benzene rings is 3. The zero-order valence-electron chi connectivity index (χ0n) is 16.3. The lowest BCUT2D eigenvalue weighted by Gasteiger charge is -2.12. The predicted octanol–water partition coefficient (Wildman–Crippen LogP) is 5.89. The van der Waals surface area contributed by atoms with Crippen molar-refractivity contribution in [2.75, 3.05) is 11.9 Å². The molecule has 1 heterocycles. The Labute approximate surface area is 176 Å². The topological polar surface area (TPSA) is 56.3 Å². The van der Waals surface area contributed by atoms with Gasteiger partial charge in [-0.15, -0.1) is 0 Å². The molecular weight excluding hydrogens is 407 g/mol. The van der Waals surface area contributed by atoms with E-state index in [1.54, 1.807) is 6.07 Å². The van der Waals surface area contributed by atoms with Gasteiger partial charge >= 0.3 is 6.18 Å². The summed E-state index contributed by atoms with van der Waals surface area (Å²) in [4.78, 5) is 8.37. The van der Waals surface area contributed by atoms with Crippen molar-refractivity contribution in [2.45, 2.75) is 12.8 Å². The highest BCUT2D eigenvalue weighted by Crippen LogP contribution is 2.28. The molecule has 158 valence electrons. The van der Waals surface area contributed by atoms with Gasteiger partial charge in [0.05, 0.1) is 5.52 Å². The largest absolute Gasteiger partial charge is 0.489 e. The summed E-state index contributed by atoms with van der Waals surface area (Å²) in [6.07, 6.45) is -3.02. The van der Waals surface area contributed by atoms with Crippen LogP contribution in [0.4, 0.5) is 24.7 Å². The predicted molar refractivity (Wildman–Crippen MR) is 112 cm³/mol. The lowest BCUT2D eigenvalue weighted by Crippen LogP contribution is -2.19. The SMILES string of the molecule is FC(F)(F)COc1ccc2ncnc(Nc3ccc(OCc4ccccc4)cc3)c2c1. The van der Waals surface area contributed by atoms with Gasteiger partial charge < -0.3 is 14.8 Å². The standard InChI is InChI=1S/C23H18F3N3O2/c24-23(25,26)14-31-19-10-11-21-20(12-19)22(28-15-27-21)29-17-6-8-18(9-7-17)30-13-16-4-2-1-3-5-16/h1-12,15H,13-14H2,(H,27,28,29). The smallest absolute Gasteiger partial charge is 0.422 e. The molecule has 0 spiro atoms. The molecule has 4 rings (SSSR count). The monoisotopic (exact) mass is 425 g/mol. The zero-order chi connectivity index (χ0) is 21.7. The number of halogens is 3. The highest BCUT2D eigenvalue weighted by atomic mass is 19.4. The van der Waals surface area contributed by atoms with Crippen molar-refractivity contribution >= 4 is 22.4 Å². The fourth-order valence-electron chi connectivity index (χ4n) is 2.90. The Hall–Kier alpha value is -3.81. The Morgan fingerprint density at radius 3 is 2.29 bits per heavy atom. The number of ether oxygens (including phenoxy) is 2. The van der Waals surface area contributed by atoms with Crippen LogP contribution in [-0.4, -0.2) is 22.8 Å². The first-order chi connectivity index (χ1) is 15.0. The minimum absolute atomic E-state index is 0.0901. The second kappa shape index (κ2) is 8.91. The van der Waals surface area contributed by atoms with Crippen LogP contribution >= 0.6 is 0 Å². The number of nitrogens with zero attached hydrogens (tertiary/aromatic N) is 2. The fraction of sp³-hybridized carbons (Fsp3) is 0.130. The zero-order valence-corrected chi connectivity index (χ0v) is 16.3. The molecule has 8 heteroatoms. The van der Waals surface area contributed by atoms with Gasteiger partial charge in [0.1, 0.15) is 30.3 Å². The molecule has 4 aromatic rings. The summed E-state index contributed by atoms with van der Waals surface area (Å²) < 4.78 is 47.9. The molecule has 0 aliphatic heterocycles. The van der Waals surface area contributed by atoms with Gasteiger partial charge in [0.2, 0.25) is 0 Å². The Morgan fingerprint density at radius 2 is 1.55 bits per heavy atom. The van der Waals surface area contributed by atoms with E-state index in [-0.39, 0.29) is 5.75 Å². The summed E-state index contributed by atoms with van der Waals surface area (Å²) in [7, 11) is 0. The molecule has 0 aliphatic rings.